The summed E-state index contributed by atoms with van der Waals surface area (Å²) in [6, 6.07) is 16.7. The van der Waals surface area contributed by atoms with Crippen LogP contribution in [0.25, 0.3) is 11.1 Å². The number of ether oxygens (including phenoxy) is 3. The quantitative estimate of drug-likeness (QED) is 0.0882. The summed E-state index contributed by atoms with van der Waals surface area (Å²) < 4.78 is 29.0. The van der Waals surface area contributed by atoms with E-state index in [-0.39, 0.29) is 18.2 Å². The lowest BCUT2D eigenvalue weighted by molar-refractivity contribution is -0.219. The number of rotatable bonds is 17. The van der Waals surface area contributed by atoms with Gasteiger partial charge >= 0.3 is 11.9 Å². The minimum Gasteiger partial charge on any atom is -0.436 e. The monoisotopic (exact) mass is 677 g/mol. The minimum absolute atomic E-state index is 0.118. The second kappa shape index (κ2) is 18.2. The van der Waals surface area contributed by atoms with Gasteiger partial charge < -0.3 is 24.8 Å². The average Bonchev–Trinajstić information content (AvgIpc) is 2.99. The van der Waals surface area contributed by atoms with Gasteiger partial charge in [0.15, 0.2) is 0 Å². The highest BCUT2D eigenvalue weighted by atomic mass is 31.2. The lowest BCUT2D eigenvalue weighted by atomic mass is 9.96. The van der Waals surface area contributed by atoms with Gasteiger partial charge in [0.2, 0.25) is 25.9 Å². The first-order valence-corrected chi connectivity index (χ1v) is 19.0. The van der Waals surface area contributed by atoms with Crippen LogP contribution in [-0.4, -0.2) is 77.5 Å². The van der Waals surface area contributed by atoms with E-state index in [9.17, 15) is 28.9 Å². The van der Waals surface area contributed by atoms with Crippen LogP contribution < -0.4 is 5.32 Å². The molecule has 0 heterocycles. The van der Waals surface area contributed by atoms with Gasteiger partial charge in [-0.1, -0.05) is 68.4 Å². The number of aliphatic imine (C=N–C) groups is 1. The van der Waals surface area contributed by atoms with Crippen molar-refractivity contribution in [3.63, 3.8) is 0 Å². The number of nitrogens with one attached hydrogen (secondary N) is 1. The summed E-state index contributed by atoms with van der Waals surface area (Å²) in [5.74, 6) is -3.64. The SMILES string of the molecule is C=[P+](C)COC(=O)C(C)C(C)NC(=O)C(Cc1ccc(-c2ccccc2)cc1)CP(=O)(O)C(C)=NC(O)OC(C)OC(=O)C(C)C. The molecule has 0 radical (unpaired) electrons. The number of aliphatic hydroxyl groups is 1. The number of benzene rings is 2. The maximum atomic E-state index is 13.6. The molecule has 0 aliphatic heterocycles. The van der Waals surface area contributed by atoms with Crippen molar-refractivity contribution in [2.24, 2.45) is 22.7 Å². The summed E-state index contributed by atoms with van der Waals surface area (Å²) in [6.45, 7) is 11.1. The number of hydrogen-bond donors (Lipinski definition) is 3. The Morgan fingerprint density at radius 2 is 1.57 bits per heavy atom. The van der Waals surface area contributed by atoms with Crippen LogP contribution in [0.4, 0.5) is 0 Å². The van der Waals surface area contributed by atoms with Gasteiger partial charge in [-0.25, -0.2) is 4.99 Å². The normalized spacial score (nSPS) is 16.7. The first kappa shape index (κ1) is 39.0. The Morgan fingerprint density at radius 3 is 2.13 bits per heavy atom. The van der Waals surface area contributed by atoms with Crippen molar-refractivity contribution >= 4 is 44.5 Å². The smallest absolute Gasteiger partial charge is 0.314 e. The third-order valence-electron chi connectivity index (χ3n) is 7.17. The van der Waals surface area contributed by atoms with E-state index in [4.69, 9.17) is 14.2 Å². The van der Waals surface area contributed by atoms with Gasteiger partial charge in [0.05, 0.1) is 36.2 Å². The molecule has 3 N–H and O–H groups in total. The molecule has 2 aromatic rings. The van der Waals surface area contributed by atoms with Crippen LogP contribution in [-0.2, 0) is 39.6 Å². The molecule has 0 saturated heterocycles. The van der Waals surface area contributed by atoms with E-state index in [0.29, 0.717) is 0 Å². The fourth-order valence-corrected chi connectivity index (χ4v) is 5.96. The zero-order chi connectivity index (χ0) is 34.6. The Labute approximate surface area is 272 Å². The van der Waals surface area contributed by atoms with Crippen LogP contribution in [0.2, 0.25) is 0 Å². The number of aliphatic hydroxyl groups excluding tert-OH is 1. The summed E-state index contributed by atoms with van der Waals surface area (Å²) >= 11 is 0. The Bertz CT molecular complexity index is 1410. The van der Waals surface area contributed by atoms with Crippen LogP contribution in [0.15, 0.2) is 59.6 Å². The molecule has 0 aromatic heterocycles. The van der Waals surface area contributed by atoms with E-state index in [1.165, 1.54) is 13.8 Å². The van der Waals surface area contributed by atoms with E-state index in [1.807, 2.05) is 61.3 Å². The van der Waals surface area contributed by atoms with Crippen molar-refractivity contribution in [2.45, 2.75) is 66.7 Å². The summed E-state index contributed by atoms with van der Waals surface area (Å²) in [6.07, 6.45) is 0.647. The zero-order valence-electron chi connectivity index (χ0n) is 27.6. The molecule has 0 aliphatic rings. The van der Waals surface area contributed by atoms with E-state index in [0.717, 1.165) is 16.7 Å². The maximum absolute atomic E-state index is 13.6. The molecule has 11 nitrogen and oxygen atoms in total. The largest absolute Gasteiger partial charge is 0.436 e. The van der Waals surface area contributed by atoms with Crippen molar-refractivity contribution in [1.29, 1.82) is 0 Å². The molecule has 7 unspecified atom stereocenters. The maximum Gasteiger partial charge on any atom is 0.314 e. The third kappa shape index (κ3) is 12.9. The first-order chi connectivity index (χ1) is 21.5. The molecule has 0 bridgehead atoms. The van der Waals surface area contributed by atoms with E-state index >= 15 is 0 Å². The van der Waals surface area contributed by atoms with Crippen LogP contribution in [0.5, 0.6) is 0 Å². The van der Waals surface area contributed by atoms with Gasteiger partial charge in [-0.15, -0.1) is 0 Å². The van der Waals surface area contributed by atoms with Gasteiger partial charge in [-0.2, -0.15) is 0 Å². The van der Waals surface area contributed by atoms with Crippen molar-refractivity contribution in [1.82, 2.24) is 5.32 Å². The van der Waals surface area contributed by atoms with Gasteiger partial charge in [0, 0.05) is 12.2 Å². The molecule has 46 heavy (non-hydrogen) atoms. The van der Waals surface area contributed by atoms with Crippen molar-refractivity contribution in [3.05, 3.63) is 60.2 Å². The van der Waals surface area contributed by atoms with Crippen LogP contribution in [0, 0.1) is 17.8 Å². The lowest BCUT2D eigenvalue weighted by Gasteiger charge is -2.25. The molecule has 0 saturated carbocycles. The Kier molecular flexibility index (Phi) is 15.4. The van der Waals surface area contributed by atoms with Crippen LogP contribution >= 0.6 is 14.9 Å². The van der Waals surface area contributed by atoms with Crippen LogP contribution in [0.3, 0.4) is 0 Å². The summed E-state index contributed by atoms with van der Waals surface area (Å²) in [4.78, 5) is 52.7. The fourth-order valence-electron chi connectivity index (χ4n) is 4.18. The molecule has 13 heteroatoms. The first-order valence-electron chi connectivity index (χ1n) is 15.0. The van der Waals surface area contributed by atoms with Gasteiger partial charge in [0.25, 0.3) is 6.41 Å². The number of carbonyl (C=O) groups is 3. The standard InChI is InChI=1S/C33H46N2O9P2/c1-21(2)31(37)43-25(6)44-33(39)35-24(5)46(40,41)19-29(30(36)34-23(4)22(3)32(38)42-20-45(7)8)18-26-14-16-28(17-15-26)27-12-10-9-11-13-27/h9-17,21-23,25,29,33,39H,7,18-20H2,1-6,8H3,(H-,34,36,40,41)/p+1. The Hall–Kier alpha value is -3.20. The second-order valence-electron chi connectivity index (χ2n) is 11.7. The van der Waals surface area contributed by atoms with Crippen molar-refractivity contribution in [2.75, 3.05) is 19.2 Å². The van der Waals surface area contributed by atoms with E-state index in [1.54, 1.807) is 27.7 Å². The molecule has 1 amide bonds. The van der Waals surface area contributed by atoms with Crippen molar-refractivity contribution in [3.8, 4) is 11.1 Å². The number of hydrogen-bond acceptors (Lipinski definition) is 9. The number of carbonyl (C=O) groups excluding carboxylic acids is 3. The second-order valence-corrected chi connectivity index (χ2v) is 16.1. The summed E-state index contributed by atoms with van der Waals surface area (Å²) in [5.41, 5.74) is 2.43. The molecular weight excluding hydrogens is 630 g/mol. The summed E-state index contributed by atoms with van der Waals surface area (Å²) in [5, 5.41) is 13.1. The molecule has 0 aliphatic carbocycles. The van der Waals surface area contributed by atoms with Gasteiger partial charge in [0.1, 0.15) is 7.55 Å². The highest BCUT2D eigenvalue weighted by Gasteiger charge is 2.34. The fraction of sp³-hybridized carbons (Fsp3) is 0.485. The predicted octanol–water partition coefficient (Wildman–Crippen LogP) is 5.22. The van der Waals surface area contributed by atoms with E-state index in [2.05, 4.69) is 16.6 Å². The molecule has 7 atom stereocenters. The van der Waals surface area contributed by atoms with Gasteiger partial charge in [-0.3, -0.25) is 23.7 Å². The highest BCUT2D eigenvalue weighted by Crippen LogP contribution is 2.45. The van der Waals surface area contributed by atoms with Crippen molar-refractivity contribution < 1.29 is 43.2 Å². The van der Waals surface area contributed by atoms with Crippen LogP contribution in [0.1, 0.15) is 47.1 Å². The Balaban J connectivity index is 2.26. The molecule has 0 spiro atoms. The summed E-state index contributed by atoms with van der Waals surface area (Å²) in [7, 11) is -4.98. The third-order valence-corrected chi connectivity index (χ3v) is 9.80. The lowest BCUT2D eigenvalue weighted by Crippen LogP contribution is -2.44. The molecular formula is C33H47N2O9P2+. The molecule has 252 valence electrons. The number of esters is 2. The average molecular weight is 678 g/mol. The topological polar surface area (TPSA) is 161 Å². The highest BCUT2D eigenvalue weighted by molar-refractivity contribution is 7.75. The predicted molar refractivity (Wildman–Crippen MR) is 182 cm³/mol. The minimum atomic E-state index is -4.29. The zero-order valence-corrected chi connectivity index (χ0v) is 29.4. The number of nitrogens with zero attached hydrogens (tertiary/aromatic N) is 1. The molecule has 0 fully saturated rings. The number of amides is 1. The Morgan fingerprint density at radius 1 is 0.978 bits per heavy atom. The van der Waals surface area contributed by atoms with E-state index < -0.39 is 75.4 Å². The van der Waals surface area contributed by atoms with Gasteiger partial charge in [-0.05, 0) is 50.8 Å². The molecule has 2 aromatic carbocycles. The molecule has 2 rings (SSSR count).